The van der Waals surface area contributed by atoms with Crippen LogP contribution in [0.1, 0.15) is 17.4 Å². The van der Waals surface area contributed by atoms with E-state index in [1.54, 1.807) is 4.57 Å². The molecule has 1 aromatic heterocycles. The van der Waals surface area contributed by atoms with Crippen molar-refractivity contribution in [2.75, 3.05) is 36.4 Å². The zero-order valence-electron chi connectivity index (χ0n) is 17.2. The molecule has 0 unspecified atom stereocenters. The third-order valence-corrected chi connectivity index (χ3v) is 5.91. The van der Waals surface area contributed by atoms with Crippen molar-refractivity contribution in [2.45, 2.75) is 13.1 Å². The van der Waals surface area contributed by atoms with Crippen molar-refractivity contribution in [1.29, 1.82) is 0 Å². The Bertz CT molecular complexity index is 1170. The fourth-order valence-electron chi connectivity index (χ4n) is 4.07. The van der Waals surface area contributed by atoms with Crippen LogP contribution in [0.15, 0.2) is 70.5 Å². The number of para-hydroxylation sites is 1. The van der Waals surface area contributed by atoms with Crippen LogP contribution < -0.4 is 15.8 Å². The zero-order chi connectivity index (χ0) is 21.4. The molecule has 0 spiro atoms. The number of aromatic nitrogens is 2. The van der Waals surface area contributed by atoms with Gasteiger partial charge in [-0.2, -0.15) is 0 Å². The number of benzene rings is 2. The SMILES string of the molecule is Cc1cc(=O)n2c(n1)NC(N1CCN(c3ccccc3)CC1)=N[C@H]2c1ccc(Cl)cc1. The quantitative estimate of drug-likeness (QED) is 0.670. The van der Waals surface area contributed by atoms with Gasteiger partial charge >= 0.3 is 0 Å². The lowest BCUT2D eigenvalue weighted by molar-refractivity contribution is 0.376. The summed E-state index contributed by atoms with van der Waals surface area (Å²) >= 11 is 6.08. The number of guanidine groups is 1. The lowest BCUT2D eigenvalue weighted by atomic mass is 10.1. The summed E-state index contributed by atoms with van der Waals surface area (Å²) in [6, 6.07) is 19.4. The van der Waals surface area contributed by atoms with Gasteiger partial charge in [-0.1, -0.05) is 41.9 Å². The van der Waals surface area contributed by atoms with E-state index in [-0.39, 0.29) is 5.56 Å². The van der Waals surface area contributed by atoms with Gasteiger partial charge in [-0.25, -0.2) is 9.98 Å². The van der Waals surface area contributed by atoms with Crippen LogP contribution in [0, 0.1) is 6.92 Å². The highest BCUT2D eigenvalue weighted by Crippen LogP contribution is 2.27. The van der Waals surface area contributed by atoms with Crippen molar-refractivity contribution in [2.24, 2.45) is 4.99 Å². The molecule has 3 aromatic rings. The Balaban J connectivity index is 1.45. The van der Waals surface area contributed by atoms with Gasteiger partial charge in [0.15, 0.2) is 6.17 Å². The normalized spacial score (nSPS) is 18.3. The van der Waals surface area contributed by atoms with Crippen molar-refractivity contribution in [3.63, 3.8) is 0 Å². The average molecular weight is 435 g/mol. The molecule has 8 heteroatoms. The number of hydrogen-bond donors (Lipinski definition) is 1. The molecule has 31 heavy (non-hydrogen) atoms. The van der Waals surface area contributed by atoms with Crippen LogP contribution in [0.5, 0.6) is 0 Å². The summed E-state index contributed by atoms with van der Waals surface area (Å²) in [5.74, 6) is 1.26. The first-order valence-corrected chi connectivity index (χ1v) is 10.7. The van der Waals surface area contributed by atoms with Crippen LogP contribution in [0.4, 0.5) is 11.6 Å². The fraction of sp³-hybridized carbons (Fsp3) is 0.261. The van der Waals surface area contributed by atoms with Gasteiger partial charge in [0.2, 0.25) is 11.9 Å². The molecule has 1 N–H and O–H groups in total. The summed E-state index contributed by atoms with van der Waals surface area (Å²) in [5.41, 5.74) is 2.66. The van der Waals surface area contributed by atoms with E-state index >= 15 is 0 Å². The summed E-state index contributed by atoms with van der Waals surface area (Å²) in [6.45, 7) is 5.26. The monoisotopic (exact) mass is 434 g/mol. The number of anilines is 2. The summed E-state index contributed by atoms with van der Waals surface area (Å²) in [5, 5.41) is 3.94. The fourth-order valence-corrected chi connectivity index (χ4v) is 4.20. The van der Waals surface area contributed by atoms with Gasteiger partial charge < -0.3 is 9.80 Å². The first-order valence-electron chi connectivity index (χ1n) is 10.3. The second-order valence-electron chi connectivity index (χ2n) is 7.74. The van der Waals surface area contributed by atoms with Crippen molar-refractivity contribution in [3.8, 4) is 0 Å². The van der Waals surface area contributed by atoms with E-state index in [0.29, 0.717) is 16.7 Å². The summed E-state index contributed by atoms with van der Waals surface area (Å²) in [4.78, 5) is 26.9. The van der Waals surface area contributed by atoms with E-state index in [1.807, 2.05) is 37.3 Å². The van der Waals surface area contributed by atoms with Gasteiger partial charge in [0.05, 0.1) is 0 Å². The number of nitrogens with zero attached hydrogens (tertiary/aromatic N) is 5. The lowest BCUT2D eigenvalue weighted by Crippen LogP contribution is -2.52. The predicted octanol–water partition coefficient (Wildman–Crippen LogP) is 3.36. The summed E-state index contributed by atoms with van der Waals surface area (Å²) in [7, 11) is 0. The van der Waals surface area contributed by atoms with Crippen molar-refractivity contribution >= 4 is 29.2 Å². The highest BCUT2D eigenvalue weighted by molar-refractivity contribution is 6.30. The summed E-state index contributed by atoms with van der Waals surface area (Å²) < 4.78 is 1.60. The molecule has 2 aliphatic heterocycles. The maximum atomic E-state index is 12.8. The highest BCUT2D eigenvalue weighted by Gasteiger charge is 2.29. The average Bonchev–Trinajstić information content (AvgIpc) is 2.79. The van der Waals surface area contributed by atoms with Gasteiger partial charge in [-0.05, 0) is 36.8 Å². The molecule has 0 saturated carbocycles. The number of rotatable bonds is 2. The Labute approximate surface area is 185 Å². The molecule has 158 valence electrons. The van der Waals surface area contributed by atoms with Gasteiger partial charge in [0.1, 0.15) is 0 Å². The molecule has 1 fully saturated rings. The number of nitrogens with one attached hydrogen (secondary N) is 1. The number of hydrogen-bond acceptors (Lipinski definition) is 6. The molecule has 2 aliphatic rings. The number of aryl methyl sites for hydroxylation is 1. The number of fused-ring (bicyclic) bond motifs is 1. The third kappa shape index (κ3) is 3.88. The smallest absolute Gasteiger partial charge is 0.257 e. The zero-order valence-corrected chi connectivity index (χ0v) is 18.0. The van der Waals surface area contributed by atoms with Crippen molar-refractivity contribution in [1.82, 2.24) is 14.5 Å². The second kappa shape index (κ2) is 8.07. The molecular formula is C23H23ClN6O. The third-order valence-electron chi connectivity index (χ3n) is 5.66. The standard InChI is InChI=1S/C23H23ClN6O/c1-16-15-20(31)30-21(17-7-9-18(24)10-8-17)26-22(27-23(30)25-16)29-13-11-28(12-14-29)19-5-3-2-4-6-19/h2-10,15,21H,11-14H2,1H3,(H,25,26,27)/t21-/m1/s1. The maximum absolute atomic E-state index is 12.8. The van der Waals surface area contributed by atoms with Gasteiger partial charge in [-0.3, -0.25) is 14.7 Å². The molecule has 7 nitrogen and oxygen atoms in total. The Morgan fingerprint density at radius 1 is 0.968 bits per heavy atom. The number of aliphatic imine (C=N–C) groups is 1. The summed E-state index contributed by atoms with van der Waals surface area (Å²) in [6.07, 6.45) is -0.490. The van der Waals surface area contributed by atoms with Crippen LogP contribution in [0.3, 0.4) is 0 Å². The first-order chi connectivity index (χ1) is 15.1. The molecular weight excluding hydrogens is 412 g/mol. The van der Waals surface area contributed by atoms with E-state index in [0.717, 1.165) is 37.7 Å². The van der Waals surface area contributed by atoms with Crippen molar-refractivity contribution in [3.05, 3.63) is 87.3 Å². The Kier molecular flexibility index (Phi) is 5.11. The van der Waals surface area contributed by atoms with E-state index in [4.69, 9.17) is 16.6 Å². The van der Waals surface area contributed by atoms with E-state index < -0.39 is 6.17 Å². The molecule has 3 heterocycles. The molecule has 2 aromatic carbocycles. The van der Waals surface area contributed by atoms with Crippen molar-refractivity contribution < 1.29 is 0 Å². The molecule has 0 amide bonds. The molecule has 0 aliphatic carbocycles. The molecule has 1 saturated heterocycles. The topological polar surface area (TPSA) is 65.8 Å². The van der Waals surface area contributed by atoms with Crippen LogP contribution in [0.2, 0.25) is 5.02 Å². The predicted molar refractivity (Wildman–Crippen MR) is 124 cm³/mol. The minimum Gasteiger partial charge on any atom is -0.368 e. The highest BCUT2D eigenvalue weighted by atomic mass is 35.5. The Morgan fingerprint density at radius 2 is 1.65 bits per heavy atom. The second-order valence-corrected chi connectivity index (χ2v) is 8.18. The van der Waals surface area contributed by atoms with Crippen LogP contribution in [-0.2, 0) is 0 Å². The minimum atomic E-state index is -0.490. The van der Waals surface area contributed by atoms with Crippen LogP contribution in [0.25, 0.3) is 0 Å². The first kappa shape index (κ1) is 19.6. The molecule has 5 rings (SSSR count). The Morgan fingerprint density at radius 3 is 2.35 bits per heavy atom. The Hall–Kier alpha value is -3.32. The lowest BCUT2D eigenvalue weighted by Gasteiger charge is -2.39. The minimum absolute atomic E-state index is 0.133. The van der Waals surface area contributed by atoms with E-state index in [1.165, 1.54) is 11.8 Å². The van der Waals surface area contributed by atoms with Gasteiger partial charge in [-0.15, -0.1) is 0 Å². The van der Waals surface area contributed by atoms with Crippen LogP contribution in [-0.4, -0.2) is 46.6 Å². The maximum Gasteiger partial charge on any atom is 0.257 e. The molecule has 0 bridgehead atoms. The molecule has 1 atom stereocenters. The van der Waals surface area contributed by atoms with E-state index in [9.17, 15) is 4.79 Å². The van der Waals surface area contributed by atoms with Gasteiger partial charge in [0, 0.05) is 48.6 Å². The molecule has 0 radical (unpaired) electrons. The van der Waals surface area contributed by atoms with Gasteiger partial charge in [0.25, 0.3) is 5.56 Å². The largest absolute Gasteiger partial charge is 0.368 e. The number of piperazine rings is 1. The van der Waals surface area contributed by atoms with Crippen LogP contribution >= 0.6 is 11.6 Å². The number of halogens is 1. The van der Waals surface area contributed by atoms with E-state index in [2.05, 4.69) is 44.4 Å².